The molecule has 13 heavy (non-hydrogen) atoms. The van der Waals surface area contributed by atoms with Gasteiger partial charge in [-0.25, -0.2) is 8.78 Å². The molecule has 0 saturated heterocycles. The van der Waals surface area contributed by atoms with Crippen LogP contribution < -0.4 is 11.1 Å². The molecule has 2 atom stereocenters. The molecule has 80 valence electrons. The van der Waals surface area contributed by atoms with E-state index in [-0.39, 0.29) is 5.92 Å². The quantitative estimate of drug-likeness (QED) is 0.644. The molecule has 0 aliphatic heterocycles. The third kappa shape index (κ3) is 5.16. The van der Waals surface area contributed by atoms with E-state index in [4.69, 9.17) is 5.73 Å². The average molecular weight is 194 g/mol. The summed E-state index contributed by atoms with van der Waals surface area (Å²) in [5.74, 6) is -0.505. The molecular weight excluding hydrogens is 174 g/mol. The minimum atomic E-state index is -2.24. The van der Waals surface area contributed by atoms with Gasteiger partial charge in [-0.1, -0.05) is 6.92 Å². The number of nitrogens with one attached hydrogen (secondary N) is 1. The van der Waals surface area contributed by atoms with Gasteiger partial charge in [-0.15, -0.1) is 0 Å². The lowest BCUT2D eigenvalue weighted by molar-refractivity contribution is 0.0418. The standard InChI is InChI=1S/C9H20F2N2/c1-7(4-6-13-2)8(3-5-12)9(10)11/h7-9,13H,3-6,12H2,1-2H3/t7?,8-/m0/s1. The van der Waals surface area contributed by atoms with E-state index in [2.05, 4.69) is 5.32 Å². The Morgan fingerprint density at radius 2 is 1.92 bits per heavy atom. The largest absolute Gasteiger partial charge is 0.330 e. The van der Waals surface area contributed by atoms with Gasteiger partial charge in [0.25, 0.3) is 0 Å². The third-order valence-corrected chi connectivity index (χ3v) is 2.40. The molecule has 0 aliphatic carbocycles. The highest BCUT2D eigenvalue weighted by atomic mass is 19.3. The Balaban J connectivity index is 3.87. The van der Waals surface area contributed by atoms with Gasteiger partial charge in [0.1, 0.15) is 0 Å². The number of halogens is 2. The van der Waals surface area contributed by atoms with Crippen LogP contribution in [0.3, 0.4) is 0 Å². The normalized spacial score (nSPS) is 16.2. The predicted molar refractivity (Wildman–Crippen MR) is 50.9 cm³/mol. The number of rotatable bonds is 7. The Morgan fingerprint density at radius 3 is 2.31 bits per heavy atom. The fourth-order valence-electron chi connectivity index (χ4n) is 1.44. The summed E-state index contributed by atoms with van der Waals surface area (Å²) in [6.07, 6.45) is -1.04. The maximum absolute atomic E-state index is 12.5. The summed E-state index contributed by atoms with van der Waals surface area (Å²) in [5, 5.41) is 2.96. The van der Waals surface area contributed by atoms with E-state index in [1.54, 1.807) is 0 Å². The Bertz CT molecular complexity index is 120. The van der Waals surface area contributed by atoms with E-state index in [0.29, 0.717) is 13.0 Å². The molecule has 0 bridgehead atoms. The summed E-state index contributed by atoms with van der Waals surface area (Å²) in [7, 11) is 1.83. The summed E-state index contributed by atoms with van der Waals surface area (Å²) in [5.41, 5.74) is 5.28. The SMILES string of the molecule is CNCCC(C)[C@H](CCN)C(F)F. The second-order valence-corrected chi connectivity index (χ2v) is 3.45. The van der Waals surface area contributed by atoms with Crippen molar-refractivity contribution >= 4 is 0 Å². The Kier molecular flexibility index (Phi) is 7.09. The van der Waals surface area contributed by atoms with Gasteiger partial charge in [-0.3, -0.25) is 0 Å². The summed E-state index contributed by atoms with van der Waals surface area (Å²) in [6, 6.07) is 0. The highest BCUT2D eigenvalue weighted by molar-refractivity contribution is 4.70. The average Bonchev–Trinajstić information content (AvgIpc) is 2.09. The van der Waals surface area contributed by atoms with Crippen molar-refractivity contribution in [1.82, 2.24) is 5.32 Å². The molecule has 0 saturated carbocycles. The van der Waals surface area contributed by atoms with Crippen molar-refractivity contribution in [2.45, 2.75) is 26.2 Å². The molecule has 0 fully saturated rings. The molecule has 0 aromatic heterocycles. The number of hydrogen-bond donors (Lipinski definition) is 2. The molecule has 0 rings (SSSR count). The topological polar surface area (TPSA) is 38.0 Å². The van der Waals surface area contributed by atoms with Crippen LogP contribution in [0.25, 0.3) is 0 Å². The van der Waals surface area contributed by atoms with E-state index in [1.807, 2.05) is 14.0 Å². The fraction of sp³-hybridized carbons (Fsp3) is 1.00. The molecule has 4 heteroatoms. The van der Waals surface area contributed by atoms with Crippen molar-refractivity contribution in [3.63, 3.8) is 0 Å². The van der Waals surface area contributed by atoms with Gasteiger partial charge in [0, 0.05) is 5.92 Å². The van der Waals surface area contributed by atoms with E-state index in [9.17, 15) is 8.78 Å². The number of nitrogens with two attached hydrogens (primary N) is 1. The zero-order valence-corrected chi connectivity index (χ0v) is 8.39. The van der Waals surface area contributed by atoms with Crippen LogP contribution in [0.15, 0.2) is 0 Å². The molecule has 2 nitrogen and oxygen atoms in total. The molecule has 0 amide bonds. The van der Waals surface area contributed by atoms with Crippen molar-refractivity contribution < 1.29 is 8.78 Å². The van der Waals surface area contributed by atoms with Crippen LogP contribution >= 0.6 is 0 Å². The van der Waals surface area contributed by atoms with E-state index in [0.717, 1.165) is 13.0 Å². The molecule has 0 aromatic carbocycles. The number of hydrogen-bond acceptors (Lipinski definition) is 2. The highest BCUT2D eigenvalue weighted by Crippen LogP contribution is 2.24. The van der Waals surface area contributed by atoms with Crippen LogP contribution in [0, 0.1) is 11.8 Å². The van der Waals surface area contributed by atoms with Crippen LogP contribution in [-0.2, 0) is 0 Å². The maximum atomic E-state index is 12.5. The highest BCUT2D eigenvalue weighted by Gasteiger charge is 2.25. The van der Waals surface area contributed by atoms with Gasteiger partial charge in [0.05, 0.1) is 0 Å². The Hall–Kier alpha value is -0.220. The first-order valence-electron chi connectivity index (χ1n) is 4.76. The van der Waals surface area contributed by atoms with E-state index in [1.165, 1.54) is 0 Å². The van der Waals surface area contributed by atoms with Crippen LogP contribution in [-0.4, -0.2) is 26.6 Å². The maximum Gasteiger partial charge on any atom is 0.241 e. The molecule has 1 unspecified atom stereocenters. The zero-order chi connectivity index (χ0) is 10.3. The summed E-state index contributed by atoms with van der Waals surface area (Å²) in [4.78, 5) is 0. The van der Waals surface area contributed by atoms with Gasteiger partial charge in [0.15, 0.2) is 0 Å². The van der Waals surface area contributed by atoms with Gasteiger partial charge >= 0.3 is 0 Å². The lowest BCUT2D eigenvalue weighted by atomic mass is 9.89. The Labute approximate surface area is 78.9 Å². The summed E-state index contributed by atoms with van der Waals surface area (Å²) >= 11 is 0. The van der Waals surface area contributed by atoms with E-state index >= 15 is 0 Å². The molecule has 0 aliphatic rings. The smallest absolute Gasteiger partial charge is 0.241 e. The third-order valence-electron chi connectivity index (χ3n) is 2.40. The molecule has 3 N–H and O–H groups in total. The minimum Gasteiger partial charge on any atom is -0.330 e. The van der Waals surface area contributed by atoms with Crippen molar-refractivity contribution in [2.24, 2.45) is 17.6 Å². The summed E-state index contributed by atoms with van der Waals surface area (Å²) < 4.78 is 25.0. The van der Waals surface area contributed by atoms with Crippen LogP contribution in [0.5, 0.6) is 0 Å². The lowest BCUT2D eigenvalue weighted by Crippen LogP contribution is -2.25. The molecule has 0 radical (unpaired) electrons. The minimum absolute atomic E-state index is 0.0380. The van der Waals surface area contributed by atoms with Gasteiger partial charge < -0.3 is 11.1 Å². The number of alkyl halides is 2. The zero-order valence-electron chi connectivity index (χ0n) is 8.39. The van der Waals surface area contributed by atoms with Gasteiger partial charge in [0.2, 0.25) is 6.43 Å². The van der Waals surface area contributed by atoms with Crippen molar-refractivity contribution in [2.75, 3.05) is 20.1 Å². The molecular formula is C9H20F2N2. The second kappa shape index (κ2) is 7.21. The first kappa shape index (κ1) is 12.8. The van der Waals surface area contributed by atoms with Crippen molar-refractivity contribution in [3.05, 3.63) is 0 Å². The van der Waals surface area contributed by atoms with Crippen molar-refractivity contribution in [3.8, 4) is 0 Å². The molecule has 0 heterocycles. The van der Waals surface area contributed by atoms with Crippen LogP contribution in [0.1, 0.15) is 19.8 Å². The van der Waals surface area contributed by atoms with Gasteiger partial charge in [-0.05, 0) is 38.9 Å². The Morgan fingerprint density at radius 1 is 1.31 bits per heavy atom. The van der Waals surface area contributed by atoms with Crippen molar-refractivity contribution in [1.29, 1.82) is 0 Å². The molecule has 0 aromatic rings. The van der Waals surface area contributed by atoms with Gasteiger partial charge in [-0.2, -0.15) is 0 Å². The van der Waals surface area contributed by atoms with E-state index < -0.39 is 12.3 Å². The fourth-order valence-corrected chi connectivity index (χ4v) is 1.44. The van der Waals surface area contributed by atoms with Crippen LogP contribution in [0.2, 0.25) is 0 Å². The lowest BCUT2D eigenvalue weighted by Gasteiger charge is -2.22. The van der Waals surface area contributed by atoms with Crippen LogP contribution in [0.4, 0.5) is 8.78 Å². The predicted octanol–water partition coefficient (Wildman–Crippen LogP) is 1.46. The summed E-state index contributed by atoms with van der Waals surface area (Å²) in [6.45, 7) is 3.00. The monoisotopic (exact) mass is 194 g/mol. The second-order valence-electron chi connectivity index (χ2n) is 3.45. The first-order valence-corrected chi connectivity index (χ1v) is 4.76. The molecule has 0 spiro atoms. The first-order chi connectivity index (χ1) is 6.13.